The third-order valence-electron chi connectivity index (χ3n) is 2.90. The average Bonchev–Trinajstić information content (AvgIpc) is 2.71. The zero-order valence-corrected chi connectivity index (χ0v) is 11.6. The number of rotatable bonds is 5. The van der Waals surface area contributed by atoms with Crippen LogP contribution in [-0.2, 0) is 9.59 Å². The number of quaternary nitrogens is 1. The van der Waals surface area contributed by atoms with Crippen LogP contribution in [0.2, 0.25) is 0 Å². The van der Waals surface area contributed by atoms with Crippen molar-refractivity contribution in [1.29, 1.82) is 0 Å². The molecule has 0 aromatic heterocycles. The first-order chi connectivity index (χ1) is 9.17. The molecule has 0 bridgehead atoms. The van der Waals surface area contributed by atoms with Gasteiger partial charge >= 0.3 is 0 Å². The average molecular weight is 281 g/mol. The van der Waals surface area contributed by atoms with Crippen molar-refractivity contribution in [1.82, 2.24) is 0 Å². The number of carbonyl (C=O) groups is 2. The Bertz CT molecular complexity index is 475. The zero-order chi connectivity index (χ0) is 13.8. The van der Waals surface area contributed by atoms with E-state index in [1.807, 2.05) is 0 Å². The molecule has 3 N–H and O–H groups in total. The van der Waals surface area contributed by atoms with E-state index in [1.165, 1.54) is 16.7 Å². The molecule has 1 aromatic carbocycles. The largest absolute Gasteiger partial charge is 0.497 e. The maximum absolute atomic E-state index is 12.2. The molecule has 1 aromatic rings. The predicted molar refractivity (Wildman–Crippen MR) is 74.1 cm³/mol. The van der Waals surface area contributed by atoms with E-state index < -0.39 is 0 Å². The third-order valence-corrected chi connectivity index (χ3v) is 4.19. The van der Waals surface area contributed by atoms with Crippen LogP contribution >= 0.6 is 11.8 Å². The third kappa shape index (κ3) is 2.90. The van der Waals surface area contributed by atoms with Crippen molar-refractivity contribution < 1.29 is 20.1 Å². The second-order valence-electron chi connectivity index (χ2n) is 4.18. The number of amides is 2. The summed E-state index contributed by atoms with van der Waals surface area (Å²) in [5.74, 6) is 1.22. The van der Waals surface area contributed by atoms with Gasteiger partial charge in [0, 0.05) is 12.2 Å². The molecule has 6 heteroatoms. The van der Waals surface area contributed by atoms with Gasteiger partial charge in [-0.05, 0) is 24.3 Å². The number of benzene rings is 1. The van der Waals surface area contributed by atoms with Crippen LogP contribution in [0.1, 0.15) is 6.42 Å². The van der Waals surface area contributed by atoms with Crippen molar-refractivity contribution >= 4 is 29.3 Å². The number of carbonyl (C=O) groups excluding carboxylic acids is 2. The van der Waals surface area contributed by atoms with Crippen molar-refractivity contribution in [3.8, 4) is 5.75 Å². The van der Waals surface area contributed by atoms with Gasteiger partial charge < -0.3 is 10.5 Å². The number of ether oxygens (including phenoxy) is 1. The molecule has 2 rings (SSSR count). The van der Waals surface area contributed by atoms with Gasteiger partial charge in [0.25, 0.3) is 0 Å². The first kappa shape index (κ1) is 13.9. The molecule has 1 fully saturated rings. The molecule has 1 aliphatic heterocycles. The van der Waals surface area contributed by atoms with E-state index in [0.29, 0.717) is 11.4 Å². The number of hydrogen-bond acceptors (Lipinski definition) is 4. The molecule has 0 radical (unpaired) electrons. The van der Waals surface area contributed by atoms with Crippen molar-refractivity contribution in [3.05, 3.63) is 24.3 Å². The highest BCUT2D eigenvalue weighted by Gasteiger charge is 2.39. The minimum Gasteiger partial charge on any atom is -0.497 e. The molecule has 0 spiro atoms. The molecule has 1 saturated heterocycles. The van der Waals surface area contributed by atoms with Crippen LogP contribution < -0.4 is 15.4 Å². The maximum atomic E-state index is 12.2. The van der Waals surface area contributed by atoms with Gasteiger partial charge in [-0.2, -0.15) is 0 Å². The minimum absolute atomic E-state index is 0.131. The molecular formula is C13H17N2O3S+. The lowest BCUT2D eigenvalue weighted by Crippen LogP contribution is -2.51. The number of imide groups is 1. The molecule has 1 aliphatic rings. The Hall–Kier alpha value is -1.53. The second-order valence-corrected chi connectivity index (χ2v) is 5.49. The Morgan fingerprint density at radius 1 is 1.37 bits per heavy atom. The Kier molecular flexibility index (Phi) is 4.44. The normalized spacial score (nSPS) is 19.1. The summed E-state index contributed by atoms with van der Waals surface area (Å²) in [5.41, 5.74) is 4.35. The summed E-state index contributed by atoms with van der Waals surface area (Å²) in [5, 5.41) is -0.267. The van der Waals surface area contributed by atoms with Gasteiger partial charge in [0.05, 0.1) is 24.6 Å². The quantitative estimate of drug-likeness (QED) is 0.788. The molecule has 2 amide bonds. The Balaban J connectivity index is 2.14. The Labute approximate surface area is 116 Å². The Morgan fingerprint density at radius 2 is 2.05 bits per heavy atom. The highest BCUT2D eigenvalue weighted by Crippen LogP contribution is 2.30. The lowest BCUT2D eigenvalue weighted by atomic mass is 10.3. The molecule has 102 valence electrons. The summed E-state index contributed by atoms with van der Waals surface area (Å²) in [4.78, 5) is 25.4. The van der Waals surface area contributed by atoms with Crippen molar-refractivity contribution in [2.45, 2.75) is 11.7 Å². The summed E-state index contributed by atoms with van der Waals surface area (Å²) in [7, 11) is 1.58. The van der Waals surface area contributed by atoms with Crippen LogP contribution in [0.3, 0.4) is 0 Å². The molecule has 19 heavy (non-hydrogen) atoms. The van der Waals surface area contributed by atoms with Crippen LogP contribution in [-0.4, -0.2) is 36.5 Å². The molecular weight excluding hydrogens is 264 g/mol. The molecule has 1 atom stereocenters. The number of methoxy groups -OCH3 is 1. The van der Waals surface area contributed by atoms with Crippen LogP contribution in [0.15, 0.2) is 24.3 Å². The lowest BCUT2D eigenvalue weighted by Gasteiger charge is -2.15. The van der Waals surface area contributed by atoms with E-state index in [4.69, 9.17) is 4.74 Å². The summed E-state index contributed by atoms with van der Waals surface area (Å²) < 4.78 is 5.06. The van der Waals surface area contributed by atoms with Crippen LogP contribution in [0.4, 0.5) is 5.69 Å². The number of anilines is 1. The number of nitrogens with zero attached hydrogens (tertiary/aromatic N) is 1. The molecule has 0 aliphatic carbocycles. The number of thioether (sulfide) groups is 1. The van der Waals surface area contributed by atoms with E-state index >= 15 is 0 Å². The van der Waals surface area contributed by atoms with Gasteiger partial charge in [0.2, 0.25) is 11.8 Å². The van der Waals surface area contributed by atoms with Crippen molar-refractivity contribution in [3.63, 3.8) is 0 Å². The highest BCUT2D eigenvalue weighted by molar-refractivity contribution is 8.00. The van der Waals surface area contributed by atoms with Crippen LogP contribution in [0.25, 0.3) is 0 Å². The van der Waals surface area contributed by atoms with Crippen molar-refractivity contribution in [2.24, 2.45) is 0 Å². The highest BCUT2D eigenvalue weighted by atomic mass is 32.2. The molecule has 0 unspecified atom stereocenters. The van der Waals surface area contributed by atoms with Gasteiger partial charge in [-0.15, -0.1) is 11.8 Å². The summed E-state index contributed by atoms with van der Waals surface area (Å²) in [6.45, 7) is 0.755. The fraction of sp³-hybridized carbons (Fsp3) is 0.385. The van der Waals surface area contributed by atoms with Crippen LogP contribution in [0.5, 0.6) is 5.75 Å². The zero-order valence-electron chi connectivity index (χ0n) is 10.8. The molecule has 0 saturated carbocycles. The minimum atomic E-state index is -0.267. The maximum Gasteiger partial charge on any atom is 0.247 e. The van der Waals surface area contributed by atoms with E-state index in [0.717, 1.165) is 12.3 Å². The summed E-state index contributed by atoms with van der Waals surface area (Å²) in [6.07, 6.45) is 0.273. The fourth-order valence-corrected chi connectivity index (χ4v) is 2.92. The summed E-state index contributed by atoms with van der Waals surface area (Å²) >= 11 is 1.50. The van der Waals surface area contributed by atoms with Crippen LogP contribution in [0, 0.1) is 0 Å². The summed E-state index contributed by atoms with van der Waals surface area (Å²) in [6, 6.07) is 6.94. The SMILES string of the molecule is COc1ccc(N2C(=O)C[C@H](SCC[NH3+])C2=O)cc1. The topological polar surface area (TPSA) is 74.2 Å². The fourth-order valence-electron chi connectivity index (χ4n) is 1.96. The standard InChI is InChI=1S/C13H16N2O3S/c1-18-10-4-2-9(3-5-10)15-12(16)8-11(13(15)17)19-7-6-14/h2-5,11H,6-8,14H2,1H3/p+1/t11-/m0/s1. The van der Waals surface area contributed by atoms with Gasteiger partial charge in [-0.25, -0.2) is 4.90 Å². The van der Waals surface area contributed by atoms with Gasteiger partial charge in [0.1, 0.15) is 5.75 Å². The molecule has 5 nitrogen and oxygen atoms in total. The first-order valence-electron chi connectivity index (χ1n) is 6.09. The predicted octanol–water partition coefficient (Wildman–Crippen LogP) is 0.302. The second kappa shape index (κ2) is 6.08. The van der Waals surface area contributed by atoms with E-state index in [9.17, 15) is 9.59 Å². The lowest BCUT2D eigenvalue weighted by molar-refractivity contribution is -0.360. The van der Waals surface area contributed by atoms with E-state index in [-0.39, 0.29) is 23.5 Å². The van der Waals surface area contributed by atoms with E-state index in [1.54, 1.807) is 31.4 Å². The monoisotopic (exact) mass is 281 g/mol. The Morgan fingerprint density at radius 3 is 2.63 bits per heavy atom. The van der Waals surface area contributed by atoms with Gasteiger partial charge in [-0.1, -0.05) is 0 Å². The van der Waals surface area contributed by atoms with Crippen molar-refractivity contribution in [2.75, 3.05) is 24.3 Å². The van der Waals surface area contributed by atoms with E-state index in [2.05, 4.69) is 5.73 Å². The van der Waals surface area contributed by atoms with Gasteiger partial charge in [0.15, 0.2) is 0 Å². The first-order valence-corrected chi connectivity index (χ1v) is 7.14. The molecule has 1 heterocycles. The van der Waals surface area contributed by atoms with Gasteiger partial charge in [-0.3, -0.25) is 9.59 Å². The number of hydrogen-bond donors (Lipinski definition) is 1. The smallest absolute Gasteiger partial charge is 0.247 e.